The number of aliphatic carboxylic acids is 1. The lowest BCUT2D eigenvalue weighted by Gasteiger charge is -2.23. The molecule has 1 heterocycles. The number of carboxylic acid groups (broad SMARTS) is 1. The van der Waals surface area contributed by atoms with Crippen molar-refractivity contribution in [1.82, 2.24) is 0 Å². The van der Waals surface area contributed by atoms with E-state index < -0.39 is 5.97 Å². The van der Waals surface area contributed by atoms with E-state index >= 15 is 0 Å². The molecule has 0 amide bonds. The van der Waals surface area contributed by atoms with Gasteiger partial charge in [-0.05, 0) is 28.8 Å². The number of fused-ring (bicyclic) bond motifs is 3. The zero-order chi connectivity index (χ0) is 21.1. The minimum atomic E-state index is -0.911. The van der Waals surface area contributed by atoms with Crippen LogP contribution in [0.15, 0.2) is 54.6 Å². The van der Waals surface area contributed by atoms with E-state index in [0.29, 0.717) is 36.8 Å². The number of hydrogen-bond donors (Lipinski definition) is 2. The lowest BCUT2D eigenvalue weighted by Crippen LogP contribution is -2.10. The fourth-order valence-electron chi connectivity index (χ4n) is 3.63. The van der Waals surface area contributed by atoms with E-state index in [2.05, 4.69) is 6.07 Å². The van der Waals surface area contributed by atoms with Gasteiger partial charge in [-0.1, -0.05) is 36.4 Å². The normalized spacial score (nSPS) is 11.8. The van der Waals surface area contributed by atoms with Crippen molar-refractivity contribution in [2.75, 3.05) is 7.11 Å². The Labute approximate surface area is 174 Å². The van der Waals surface area contributed by atoms with Crippen LogP contribution < -0.4 is 19.9 Å². The van der Waals surface area contributed by atoms with Gasteiger partial charge in [-0.3, -0.25) is 4.79 Å². The van der Waals surface area contributed by atoms with Gasteiger partial charge in [-0.15, -0.1) is 0 Å². The third-order valence-corrected chi connectivity index (χ3v) is 5.16. The average Bonchev–Trinajstić information content (AvgIpc) is 2.77. The molecule has 6 nitrogen and oxygen atoms in total. The van der Waals surface area contributed by atoms with Gasteiger partial charge in [0.25, 0.3) is 0 Å². The van der Waals surface area contributed by atoms with E-state index in [0.717, 1.165) is 33.6 Å². The standard InChI is InChI=1S/C24H23NO5/c1-28-19-8-7-16(10-23(26)27)22(11-19)29-13-15-5-6-18-14-30-24-17(12-25)3-2-4-20(24)21(18)9-15/h2-9,11H,10,12-14,25H2,1H3,(H,26,27). The molecule has 0 radical (unpaired) electrons. The highest BCUT2D eigenvalue weighted by Gasteiger charge is 2.20. The van der Waals surface area contributed by atoms with Gasteiger partial charge < -0.3 is 25.1 Å². The first-order valence-electron chi connectivity index (χ1n) is 9.67. The molecule has 0 unspecified atom stereocenters. The first kappa shape index (κ1) is 19.8. The monoisotopic (exact) mass is 405 g/mol. The molecule has 3 aromatic rings. The Morgan fingerprint density at radius 1 is 1.10 bits per heavy atom. The summed E-state index contributed by atoms with van der Waals surface area (Å²) in [6, 6.07) is 17.3. The molecule has 1 aliphatic heterocycles. The lowest BCUT2D eigenvalue weighted by molar-refractivity contribution is -0.136. The summed E-state index contributed by atoms with van der Waals surface area (Å²) in [5, 5.41) is 9.16. The Hall–Kier alpha value is -3.51. The van der Waals surface area contributed by atoms with Crippen LogP contribution >= 0.6 is 0 Å². The predicted octanol–water partition coefficient (Wildman–Crippen LogP) is 3.92. The Bertz CT molecular complexity index is 1090. The molecule has 30 heavy (non-hydrogen) atoms. The van der Waals surface area contributed by atoms with Crippen LogP contribution in [0, 0.1) is 0 Å². The molecule has 0 saturated carbocycles. The Morgan fingerprint density at radius 2 is 1.97 bits per heavy atom. The maximum atomic E-state index is 11.2. The molecule has 154 valence electrons. The van der Waals surface area contributed by atoms with E-state index in [1.165, 1.54) is 0 Å². The maximum Gasteiger partial charge on any atom is 0.307 e. The first-order valence-corrected chi connectivity index (χ1v) is 9.67. The second-order valence-electron chi connectivity index (χ2n) is 7.11. The van der Waals surface area contributed by atoms with Crippen LogP contribution in [0.1, 0.15) is 22.3 Å². The van der Waals surface area contributed by atoms with Gasteiger partial charge in [-0.25, -0.2) is 0 Å². The van der Waals surface area contributed by atoms with Gasteiger partial charge in [0, 0.05) is 29.3 Å². The molecular weight excluding hydrogens is 382 g/mol. The van der Waals surface area contributed by atoms with E-state index in [4.69, 9.17) is 25.1 Å². The smallest absolute Gasteiger partial charge is 0.307 e. The Morgan fingerprint density at radius 3 is 2.73 bits per heavy atom. The minimum absolute atomic E-state index is 0.115. The van der Waals surface area contributed by atoms with E-state index in [9.17, 15) is 4.79 Å². The maximum absolute atomic E-state index is 11.2. The second kappa shape index (κ2) is 8.47. The van der Waals surface area contributed by atoms with Crippen molar-refractivity contribution in [3.8, 4) is 28.4 Å². The molecule has 0 aliphatic carbocycles. The Balaban J connectivity index is 1.61. The number of rotatable bonds is 7. The molecule has 3 aromatic carbocycles. The van der Waals surface area contributed by atoms with Crippen molar-refractivity contribution < 1.29 is 24.1 Å². The van der Waals surface area contributed by atoms with Gasteiger partial charge in [-0.2, -0.15) is 0 Å². The van der Waals surface area contributed by atoms with Crippen LogP contribution in [0.4, 0.5) is 0 Å². The molecular formula is C24H23NO5. The summed E-state index contributed by atoms with van der Waals surface area (Å²) < 4.78 is 17.2. The molecule has 3 N–H and O–H groups in total. The highest BCUT2D eigenvalue weighted by Crippen LogP contribution is 2.40. The van der Waals surface area contributed by atoms with Crippen LogP contribution in [0.5, 0.6) is 17.2 Å². The summed E-state index contributed by atoms with van der Waals surface area (Å²) in [4.78, 5) is 11.2. The molecule has 1 aliphatic rings. The topological polar surface area (TPSA) is 91.0 Å². The fraction of sp³-hybridized carbons (Fsp3) is 0.208. The average molecular weight is 405 g/mol. The van der Waals surface area contributed by atoms with Gasteiger partial charge in [0.15, 0.2) is 0 Å². The zero-order valence-corrected chi connectivity index (χ0v) is 16.7. The SMILES string of the molecule is COc1ccc(CC(=O)O)c(OCc2ccc3c(c2)-c2cccc(CN)c2OC3)c1. The molecule has 0 aromatic heterocycles. The van der Waals surface area contributed by atoms with Crippen molar-refractivity contribution in [2.24, 2.45) is 5.73 Å². The van der Waals surface area contributed by atoms with Crippen molar-refractivity contribution in [1.29, 1.82) is 0 Å². The first-order chi connectivity index (χ1) is 14.6. The zero-order valence-electron chi connectivity index (χ0n) is 16.7. The number of nitrogens with two attached hydrogens (primary N) is 1. The number of carboxylic acids is 1. The molecule has 0 atom stereocenters. The van der Waals surface area contributed by atoms with Gasteiger partial charge in [0.2, 0.25) is 0 Å². The molecule has 0 spiro atoms. The number of benzene rings is 3. The summed E-state index contributed by atoms with van der Waals surface area (Å²) in [6.07, 6.45) is -0.115. The number of hydrogen-bond acceptors (Lipinski definition) is 5. The van der Waals surface area contributed by atoms with Crippen LogP contribution in [-0.2, 0) is 31.0 Å². The Kier molecular flexibility index (Phi) is 5.59. The summed E-state index contributed by atoms with van der Waals surface area (Å²) in [5.41, 5.74) is 11.6. The lowest BCUT2D eigenvalue weighted by atomic mass is 9.93. The fourth-order valence-corrected chi connectivity index (χ4v) is 3.63. The molecule has 0 saturated heterocycles. The van der Waals surface area contributed by atoms with Gasteiger partial charge in [0.1, 0.15) is 30.5 Å². The quantitative estimate of drug-likeness (QED) is 0.619. The summed E-state index contributed by atoms with van der Waals surface area (Å²) in [5.74, 6) is 1.04. The second-order valence-corrected chi connectivity index (χ2v) is 7.11. The number of ether oxygens (including phenoxy) is 3. The van der Waals surface area contributed by atoms with Crippen molar-refractivity contribution in [3.05, 3.63) is 76.9 Å². The van der Waals surface area contributed by atoms with E-state index in [-0.39, 0.29) is 6.42 Å². The molecule has 6 heteroatoms. The van der Waals surface area contributed by atoms with Crippen molar-refractivity contribution >= 4 is 5.97 Å². The van der Waals surface area contributed by atoms with E-state index in [1.54, 1.807) is 25.3 Å². The van der Waals surface area contributed by atoms with Crippen molar-refractivity contribution in [2.45, 2.75) is 26.2 Å². The highest BCUT2D eigenvalue weighted by atomic mass is 16.5. The summed E-state index contributed by atoms with van der Waals surface area (Å²) in [7, 11) is 1.56. The number of carbonyl (C=O) groups is 1. The summed E-state index contributed by atoms with van der Waals surface area (Å²) >= 11 is 0. The third-order valence-electron chi connectivity index (χ3n) is 5.16. The molecule has 0 bridgehead atoms. The third kappa shape index (κ3) is 3.95. The molecule has 0 fully saturated rings. The molecule has 4 rings (SSSR count). The van der Waals surface area contributed by atoms with Crippen LogP contribution in [-0.4, -0.2) is 18.2 Å². The number of methoxy groups -OCH3 is 1. The van der Waals surface area contributed by atoms with Crippen LogP contribution in [0.25, 0.3) is 11.1 Å². The summed E-state index contributed by atoms with van der Waals surface area (Å²) in [6.45, 7) is 1.22. The largest absolute Gasteiger partial charge is 0.497 e. The van der Waals surface area contributed by atoms with Gasteiger partial charge >= 0.3 is 5.97 Å². The number of para-hydroxylation sites is 1. The van der Waals surface area contributed by atoms with Crippen LogP contribution in [0.3, 0.4) is 0 Å². The van der Waals surface area contributed by atoms with Gasteiger partial charge in [0.05, 0.1) is 13.5 Å². The van der Waals surface area contributed by atoms with Crippen LogP contribution in [0.2, 0.25) is 0 Å². The highest BCUT2D eigenvalue weighted by molar-refractivity contribution is 5.77. The van der Waals surface area contributed by atoms with E-state index in [1.807, 2.05) is 30.3 Å². The predicted molar refractivity (Wildman–Crippen MR) is 113 cm³/mol. The minimum Gasteiger partial charge on any atom is -0.497 e. The van der Waals surface area contributed by atoms with Crippen molar-refractivity contribution in [3.63, 3.8) is 0 Å².